The zero-order valence-electron chi connectivity index (χ0n) is 9.11. The molecule has 3 atom stereocenters. The fraction of sp³-hybridized carbons (Fsp3) is 1.00. The predicted octanol–water partition coefficient (Wildman–Crippen LogP) is 0.834. The van der Waals surface area contributed by atoms with E-state index in [4.69, 9.17) is 10.5 Å². The molecule has 2 N–H and O–H groups in total. The molecule has 2 rings (SSSR count). The summed E-state index contributed by atoms with van der Waals surface area (Å²) < 4.78 is 5.04. The van der Waals surface area contributed by atoms with Crippen LogP contribution >= 0.6 is 0 Å². The van der Waals surface area contributed by atoms with Gasteiger partial charge in [0.25, 0.3) is 0 Å². The second-order valence-corrected chi connectivity index (χ2v) is 4.83. The zero-order valence-corrected chi connectivity index (χ0v) is 9.11. The number of fused-ring (bicyclic) bond motifs is 2. The molecule has 1 saturated heterocycles. The lowest BCUT2D eigenvalue weighted by Crippen LogP contribution is -2.42. The molecule has 1 heterocycles. The number of piperidine rings is 1. The lowest BCUT2D eigenvalue weighted by Gasteiger charge is -2.29. The van der Waals surface area contributed by atoms with Crippen molar-refractivity contribution < 1.29 is 4.74 Å². The molecular formula is C11H22N2O. The summed E-state index contributed by atoms with van der Waals surface area (Å²) in [4.78, 5) is 2.59. The van der Waals surface area contributed by atoms with E-state index in [9.17, 15) is 0 Å². The highest BCUT2D eigenvalue weighted by atomic mass is 16.5. The molecule has 14 heavy (non-hydrogen) atoms. The summed E-state index contributed by atoms with van der Waals surface area (Å²) in [6, 6.07) is 1.16. The Labute approximate surface area is 86.6 Å². The Hall–Kier alpha value is -0.120. The maximum absolute atomic E-state index is 6.05. The van der Waals surface area contributed by atoms with Crippen molar-refractivity contribution in [3.63, 3.8) is 0 Å². The van der Waals surface area contributed by atoms with Crippen molar-refractivity contribution in [1.82, 2.24) is 4.90 Å². The Bertz CT molecular complexity index is 186. The molecule has 2 aliphatic rings. The average molecular weight is 198 g/mol. The number of hydrogen-bond acceptors (Lipinski definition) is 3. The molecule has 0 radical (unpaired) electrons. The first kappa shape index (κ1) is 10.4. The second-order valence-electron chi connectivity index (χ2n) is 4.83. The summed E-state index contributed by atoms with van der Waals surface area (Å²) in [6.45, 7) is 3.17. The van der Waals surface area contributed by atoms with Gasteiger partial charge in [0, 0.05) is 38.9 Å². The maximum Gasteiger partial charge on any atom is 0.0477 e. The normalized spacial score (nSPS) is 33.9. The molecule has 3 unspecified atom stereocenters. The molecular weight excluding hydrogens is 176 g/mol. The highest BCUT2D eigenvalue weighted by Gasteiger charge is 2.37. The van der Waals surface area contributed by atoms with E-state index in [2.05, 4.69) is 4.90 Å². The van der Waals surface area contributed by atoms with E-state index in [1.807, 2.05) is 0 Å². The molecule has 0 aromatic rings. The Morgan fingerprint density at radius 3 is 2.93 bits per heavy atom. The Morgan fingerprint density at radius 1 is 1.50 bits per heavy atom. The van der Waals surface area contributed by atoms with E-state index < -0.39 is 0 Å². The van der Waals surface area contributed by atoms with E-state index in [-0.39, 0.29) is 0 Å². The van der Waals surface area contributed by atoms with Crippen molar-refractivity contribution in [2.45, 2.75) is 37.8 Å². The van der Waals surface area contributed by atoms with Gasteiger partial charge in [-0.3, -0.25) is 4.90 Å². The first-order chi connectivity index (χ1) is 6.79. The topological polar surface area (TPSA) is 38.5 Å². The highest BCUT2D eigenvalue weighted by Crippen LogP contribution is 2.37. The van der Waals surface area contributed by atoms with Crippen molar-refractivity contribution in [1.29, 1.82) is 0 Å². The first-order valence-corrected chi connectivity index (χ1v) is 5.78. The molecule has 3 heteroatoms. The largest absolute Gasteiger partial charge is 0.385 e. The van der Waals surface area contributed by atoms with Crippen molar-refractivity contribution in [2.24, 2.45) is 11.7 Å². The summed E-state index contributed by atoms with van der Waals surface area (Å²) in [7, 11) is 1.74. The third-order valence-electron chi connectivity index (χ3n) is 3.68. The standard InChI is InChI=1S/C11H22N2O/c1-14-5-4-10(12)8-13-7-9-2-3-11(13)6-9/h9-11H,2-8,12H2,1H3. The summed E-state index contributed by atoms with van der Waals surface area (Å²) in [5.41, 5.74) is 6.05. The van der Waals surface area contributed by atoms with Gasteiger partial charge in [-0.05, 0) is 31.6 Å². The molecule has 0 spiro atoms. The van der Waals surface area contributed by atoms with E-state index in [1.54, 1.807) is 7.11 Å². The van der Waals surface area contributed by atoms with Crippen LogP contribution in [0.25, 0.3) is 0 Å². The van der Waals surface area contributed by atoms with E-state index in [1.165, 1.54) is 25.8 Å². The van der Waals surface area contributed by atoms with E-state index in [0.717, 1.165) is 31.5 Å². The van der Waals surface area contributed by atoms with Gasteiger partial charge in [-0.1, -0.05) is 0 Å². The van der Waals surface area contributed by atoms with Crippen LogP contribution in [0.4, 0.5) is 0 Å². The van der Waals surface area contributed by atoms with Crippen LogP contribution in [0.15, 0.2) is 0 Å². The average Bonchev–Trinajstić information content (AvgIpc) is 2.76. The van der Waals surface area contributed by atoms with Gasteiger partial charge < -0.3 is 10.5 Å². The van der Waals surface area contributed by atoms with Gasteiger partial charge >= 0.3 is 0 Å². The van der Waals surface area contributed by atoms with Crippen LogP contribution in [0.3, 0.4) is 0 Å². The third-order valence-corrected chi connectivity index (χ3v) is 3.68. The van der Waals surface area contributed by atoms with Gasteiger partial charge in [0.05, 0.1) is 0 Å². The number of methoxy groups -OCH3 is 1. The maximum atomic E-state index is 6.05. The van der Waals surface area contributed by atoms with Gasteiger partial charge in [-0.15, -0.1) is 0 Å². The Balaban J connectivity index is 1.70. The summed E-state index contributed by atoms with van der Waals surface area (Å²) in [5.74, 6) is 0.981. The monoisotopic (exact) mass is 198 g/mol. The summed E-state index contributed by atoms with van der Waals surface area (Å²) >= 11 is 0. The van der Waals surface area contributed by atoms with Gasteiger partial charge in [-0.2, -0.15) is 0 Å². The lowest BCUT2D eigenvalue weighted by molar-refractivity contribution is 0.162. The van der Waals surface area contributed by atoms with Crippen LogP contribution < -0.4 is 5.73 Å². The minimum atomic E-state index is 0.300. The van der Waals surface area contributed by atoms with E-state index >= 15 is 0 Å². The van der Waals surface area contributed by atoms with Crippen LogP contribution in [-0.4, -0.2) is 43.8 Å². The van der Waals surface area contributed by atoms with Crippen LogP contribution in [0.5, 0.6) is 0 Å². The highest BCUT2D eigenvalue weighted by molar-refractivity contribution is 4.93. The Morgan fingerprint density at radius 2 is 2.36 bits per heavy atom. The molecule has 1 aliphatic heterocycles. The minimum absolute atomic E-state index is 0.300. The second kappa shape index (κ2) is 4.60. The van der Waals surface area contributed by atoms with Gasteiger partial charge in [0.2, 0.25) is 0 Å². The molecule has 1 saturated carbocycles. The van der Waals surface area contributed by atoms with Gasteiger partial charge in [0.1, 0.15) is 0 Å². The lowest BCUT2D eigenvalue weighted by atomic mass is 10.1. The molecule has 0 amide bonds. The third kappa shape index (κ3) is 2.27. The molecule has 0 aromatic heterocycles. The zero-order chi connectivity index (χ0) is 9.97. The van der Waals surface area contributed by atoms with E-state index in [0.29, 0.717) is 6.04 Å². The van der Waals surface area contributed by atoms with Crippen LogP contribution in [-0.2, 0) is 4.74 Å². The molecule has 3 nitrogen and oxygen atoms in total. The van der Waals surface area contributed by atoms with Crippen LogP contribution in [0.2, 0.25) is 0 Å². The fourth-order valence-electron chi connectivity index (χ4n) is 2.91. The summed E-state index contributed by atoms with van der Waals surface area (Å²) in [5, 5.41) is 0. The number of hydrogen-bond donors (Lipinski definition) is 1. The predicted molar refractivity (Wildman–Crippen MR) is 57.2 cm³/mol. The van der Waals surface area contributed by atoms with Crippen LogP contribution in [0, 0.1) is 5.92 Å². The fourth-order valence-corrected chi connectivity index (χ4v) is 2.91. The number of rotatable bonds is 5. The first-order valence-electron chi connectivity index (χ1n) is 5.78. The van der Waals surface area contributed by atoms with Crippen molar-refractivity contribution in [2.75, 3.05) is 26.8 Å². The molecule has 2 bridgehead atoms. The van der Waals surface area contributed by atoms with Gasteiger partial charge in [0.15, 0.2) is 0 Å². The summed E-state index contributed by atoms with van der Waals surface area (Å²) in [6.07, 6.45) is 5.28. The number of likely N-dealkylation sites (tertiary alicyclic amines) is 1. The molecule has 0 aromatic carbocycles. The number of nitrogens with two attached hydrogens (primary N) is 1. The SMILES string of the molecule is COCCC(N)CN1CC2CCC1C2. The number of ether oxygens (including phenoxy) is 1. The smallest absolute Gasteiger partial charge is 0.0477 e. The van der Waals surface area contributed by atoms with Crippen molar-refractivity contribution in [3.8, 4) is 0 Å². The van der Waals surface area contributed by atoms with Crippen molar-refractivity contribution in [3.05, 3.63) is 0 Å². The van der Waals surface area contributed by atoms with Crippen LogP contribution in [0.1, 0.15) is 25.7 Å². The molecule has 2 fully saturated rings. The van der Waals surface area contributed by atoms with Gasteiger partial charge in [-0.25, -0.2) is 0 Å². The molecule has 82 valence electrons. The quantitative estimate of drug-likeness (QED) is 0.711. The number of nitrogens with zero attached hydrogens (tertiary/aromatic N) is 1. The van der Waals surface area contributed by atoms with Crippen molar-refractivity contribution >= 4 is 0 Å². The minimum Gasteiger partial charge on any atom is -0.385 e. The molecule has 1 aliphatic carbocycles. The Kier molecular flexibility index (Phi) is 3.42.